The number of rotatable bonds is 13. The molecule has 6 nitrogen and oxygen atoms in total. The number of hydrogen-bond acceptors (Lipinski definition) is 6. The molecule has 0 aromatic rings. The van der Waals surface area contributed by atoms with Crippen molar-refractivity contribution in [3.05, 3.63) is 0 Å². The Hall–Kier alpha value is 0.790. The van der Waals surface area contributed by atoms with E-state index in [0.29, 0.717) is 6.42 Å². The van der Waals surface area contributed by atoms with Crippen molar-refractivity contribution in [2.45, 2.75) is 71.1 Å². The molecule has 0 saturated carbocycles. The normalized spacial score (nSPS) is 10.5. The van der Waals surface area contributed by atoms with E-state index in [0.717, 1.165) is 12.8 Å². The molecule has 0 aliphatic rings. The third-order valence-electron chi connectivity index (χ3n) is 2.83. The van der Waals surface area contributed by atoms with Crippen LogP contribution in [0.2, 0.25) is 0 Å². The Balaban J connectivity index is -0.000000640. The molecule has 0 atom stereocenters. The first kappa shape index (κ1) is 27.6. The molecule has 0 aromatic heterocycles. The van der Waals surface area contributed by atoms with Gasteiger partial charge >= 0.3 is 29.6 Å². The first-order valence-electron chi connectivity index (χ1n) is 7.79. The van der Waals surface area contributed by atoms with Crippen molar-refractivity contribution < 1.29 is 56.9 Å². The van der Waals surface area contributed by atoms with E-state index in [4.69, 9.17) is 10.2 Å². The molecule has 0 spiro atoms. The van der Waals surface area contributed by atoms with Crippen molar-refractivity contribution >= 4 is 10.4 Å². The Morgan fingerprint density at radius 2 is 1.18 bits per heavy atom. The number of aliphatic hydroxyl groups is 2. The Kier molecular flexibility index (Phi) is 27.4. The monoisotopic (exact) mass is 350 g/mol. The Bertz CT molecular complexity index is 283. The topological polar surface area (TPSA) is 107 Å². The van der Waals surface area contributed by atoms with Gasteiger partial charge in [-0.15, -0.1) is 0 Å². The van der Waals surface area contributed by atoms with Gasteiger partial charge in [-0.25, -0.2) is 8.42 Å². The van der Waals surface area contributed by atoms with Crippen molar-refractivity contribution in [2.75, 3.05) is 19.8 Å². The summed E-state index contributed by atoms with van der Waals surface area (Å²) in [5.74, 6) is 0. The summed E-state index contributed by atoms with van der Waals surface area (Å²) < 4.78 is 34.5. The first-order valence-corrected chi connectivity index (χ1v) is 9.13. The summed E-state index contributed by atoms with van der Waals surface area (Å²) in [6.07, 6.45) is 11.7. The number of unbranched alkanes of at least 4 members (excludes halogenated alkanes) is 9. The molecule has 0 radical (unpaired) electrons. The molecule has 0 aliphatic heterocycles. The minimum absolute atomic E-state index is 0. The van der Waals surface area contributed by atoms with Crippen LogP contribution >= 0.6 is 0 Å². The van der Waals surface area contributed by atoms with E-state index in [2.05, 4.69) is 11.1 Å². The Labute approximate surface area is 157 Å². The van der Waals surface area contributed by atoms with E-state index >= 15 is 0 Å². The van der Waals surface area contributed by atoms with Gasteiger partial charge in [-0.1, -0.05) is 64.7 Å². The molecule has 0 aliphatic carbocycles. The van der Waals surface area contributed by atoms with Crippen LogP contribution in [0.15, 0.2) is 0 Å². The Morgan fingerprint density at radius 3 is 1.50 bits per heavy atom. The van der Waals surface area contributed by atoms with Gasteiger partial charge in [-0.05, 0) is 6.42 Å². The van der Waals surface area contributed by atoms with Crippen LogP contribution in [0, 0.1) is 0 Å². The van der Waals surface area contributed by atoms with Crippen LogP contribution in [-0.2, 0) is 14.6 Å². The standard InChI is InChI=1S/C12H26O4S.C2H6O2.Na/c1-2-3-4-5-6-7-8-9-10-11-12-16-17(13,14)15;3-1-2-4;/h2-12H2,1H3,(H,13,14,15);3-4H,1-2H2;/q;;+1/p-1. The second-order valence-corrected chi connectivity index (χ2v) is 5.91. The molecule has 0 rings (SSSR count). The second-order valence-electron chi connectivity index (χ2n) is 4.86. The maximum absolute atomic E-state index is 10.1. The summed E-state index contributed by atoms with van der Waals surface area (Å²) in [4.78, 5) is 0. The van der Waals surface area contributed by atoms with E-state index in [1.165, 1.54) is 44.9 Å². The molecule has 0 unspecified atom stereocenters. The third kappa shape index (κ3) is 32.7. The molecule has 8 heteroatoms. The minimum atomic E-state index is -4.48. The summed E-state index contributed by atoms with van der Waals surface area (Å²) in [7, 11) is -4.48. The molecule has 2 N–H and O–H groups in total. The molecule has 0 saturated heterocycles. The average Bonchev–Trinajstić information content (AvgIpc) is 2.44. The zero-order valence-corrected chi connectivity index (χ0v) is 16.9. The molecule has 130 valence electrons. The van der Waals surface area contributed by atoms with Gasteiger partial charge in [0.15, 0.2) is 0 Å². The average molecular weight is 350 g/mol. The number of aliphatic hydroxyl groups excluding tert-OH is 2. The molecular weight excluding hydrogens is 319 g/mol. The van der Waals surface area contributed by atoms with Crippen molar-refractivity contribution in [3.63, 3.8) is 0 Å². The fourth-order valence-corrected chi connectivity index (χ4v) is 2.07. The number of hydrogen-bond donors (Lipinski definition) is 2. The molecular formula is C14H31NaO6S. The van der Waals surface area contributed by atoms with E-state index in [9.17, 15) is 13.0 Å². The van der Waals surface area contributed by atoms with Crippen molar-refractivity contribution in [1.82, 2.24) is 0 Å². The SMILES string of the molecule is CCCCCCCCCCCCOS(=O)(=O)[O-].OCCO.[Na+]. The van der Waals surface area contributed by atoms with Crippen LogP contribution in [-0.4, -0.2) is 43.0 Å². The molecule has 0 heterocycles. The smallest absolute Gasteiger partial charge is 0.726 e. The van der Waals surface area contributed by atoms with Gasteiger partial charge < -0.3 is 14.8 Å². The van der Waals surface area contributed by atoms with E-state index in [-0.39, 0.29) is 49.4 Å². The predicted molar refractivity (Wildman–Crippen MR) is 81.7 cm³/mol. The van der Waals surface area contributed by atoms with Gasteiger partial charge in [0.25, 0.3) is 0 Å². The zero-order valence-electron chi connectivity index (χ0n) is 14.1. The maximum Gasteiger partial charge on any atom is 1.00 e. The van der Waals surface area contributed by atoms with Gasteiger partial charge in [0.05, 0.1) is 19.8 Å². The van der Waals surface area contributed by atoms with Crippen LogP contribution in [0.1, 0.15) is 71.1 Å². The Morgan fingerprint density at radius 1 is 0.818 bits per heavy atom. The molecule has 0 bridgehead atoms. The van der Waals surface area contributed by atoms with E-state index < -0.39 is 10.4 Å². The van der Waals surface area contributed by atoms with Crippen LogP contribution in [0.25, 0.3) is 0 Å². The largest absolute Gasteiger partial charge is 1.00 e. The quantitative estimate of drug-likeness (QED) is 0.198. The summed E-state index contributed by atoms with van der Waals surface area (Å²) in [6.45, 7) is 1.99. The molecule has 22 heavy (non-hydrogen) atoms. The van der Waals surface area contributed by atoms with Crippen LogP contribution in [0.4, 0.5) is 0 Å². The van der Waals surface area contributed by atoms with Crippen molar-refractivity contribution in [1.29, 1.82) is 0 Å². The van der Waals surface area contributed by atoms with Gasteiger partial charge in [0, 0.05) is 0 Å². The van der Waals surface area contributed by atoms with Crippen LogP contribution in [0.3, 0.4) is 0 Å². The van der Waals surface area contributed by atoms with Crippen molar-refractivity contribution in [2.24, 2.45) is 0 Å². The summed E-state index contributed by atoms with van der Waals surface area (Å²) in [5.41, 5.74) is 0. The molecule has 0 fully saturated rings. The maximum atomic E-state index is 10.1. The fraction of sp³-hybridized carbons (Fsp3) is 1.00. The minimum Gasteiger partial charge on any atom is -0.726 e. The van der Waals surface area contributed by atoms with Gasteiger partial charge in [-0.2, -0.15) is 0 Å². The van der Waals surface area contributed by atoms with Crippen LogP contribution < -0.4 is 29.6 Å². The van der Waals surface area contributed by atoms with Gasteiger partial charge in [-0.3, -0.25) is 4.18 Å². The zero-order chi connectivity index (χ0) is 16.4. The summed E-state index contributed by atoms with van der Waals surface area (Å²) in [5, 5.41) is 15.2. The van der Waals surface area contributed by atoms with Crippen LogP contribution in [0.5, 0.6) is 0 Å². The fourth-order valence-electron chi connectivity index (χ4n) is 1.75. The van der Waals surface area contributed by atoms with E-state index in [1.807, 2.05) is 0 Å². The second kappa shape index (κ2) is 21.8. The van der Waals surface area contributed by atoms with E-state index in [1.54, 1.807) is 0 Å². The summed E-state index contributed by atoms with van der Waals surface area (Å²) in [6, 6.07) is 0. The summed E-state index contributed by atoms with van der Waals surface area (Å²) >= 11 is 0. The van der Waals surface area contributed by atoms with Crippen molar-refractivity contribution in [3.8, 4) is 0 Å². The third-order valence-corrected chi connectivity index (χ3v) is 3.28. The first-order chi connectivity index (χ1) is 9.97. The van der Waals surface area contributed by atoms with Gasteiger partial charge in [0.2, 0.25) is 10.4 Å². The molecule has 0 aromatic carbocycles. The van der Waals surface area contributed by atoms with Gasteiger partial charge in [0.1, 0.15) is 0 Å². The predicted octanol–water partition coefficient (Wildman–Crippen LogP) is -0.641. The molecule has 0 amide bonds.